The third-order valence-electron chi connectivity index (χ3n) is 3.92. The average Bonchev–Trinajstić information content (AvgIpc) is 2.66. The van der Waals surface area contributed by atoms with Crippen LogP contribution in [-0.4, -0.2) is 36.9 Å². The van der Waals surface area contributed by atoms with Crippen molar-refractivity contribution in [1.29, 1.82) is 0 Å². The zero-order valence-electron chi connectivity index (χ0n) is 15.4. The highest BCUT2D eigenvalue weighted by Gasteiger charge is 2.07. The summed E-state index contributed by atoms with van der Waals surface area (Å²) < 4.78 is 5.32. The molecule has 0 saturated heterocycles. The number of hydrogen-bond acceptors (Lipinski definition) is 5. The second kappa shape index (κ2) is 9.46. The molecule has 2 aromatic carbocycles. The molecule has 6 heteroatoms. The first-order chi connectivity index (χ1) is 12.6. The van der Waals surface area contributed by atoms with Crippen LogP contribution >= 0.6 is 0 Å². The predicted octanol–water partition coefficient (Wildman–Crippen LogP) is 3.40. The highest BCUT2D eigenvalue weighted by atomic mass is 16.5. The standard InChI is InChI=1S/C20H25N3O3/c1-4-23(5-2)17-10-8-16(9-11-17)20(25)22-21-14-15-7-12-18(24)19(13-15)26-6-3/h7-14,24H,4-6H2,1-3H3,(H,22,25)/b21-14+. The minimum Gasteiger partial charge on any atom is -0.504 e. The lowest BCUT2D eigenvalue weighted by Gasteiger charge is -2.20. The molecule has 138 valence electrons. The van der Waals surface area contributed by atoms with Gasteiger partial charge in [0, 0.05) is 24.3 Å². The van der Waals surface area contributed by atoms with Gasteiger partial charge in [0.25, 0.3) is 5.91 Å². The summed E-state index contributed by atoms with van der Waals surface area (Å²) in [5.41, 5.74) is 4.84. The monoisotopic (exact) mass is 355 g/mol. The fourth-order valence-corrected chi connectivity index (χ4v) is 2.52. The Morgan fingerprint density at radius 1 is 1.15 bits per heavy atom. The van der Waals surface area contributed by atoms with E-state index in [1.54, 1.807) is 24.3 Å². The Bertz CT molecular complexity index is 753. The Hall–Kier alpha value is -3.02. The molecule has 0 aliphatic heterocycles. The molecule has 0 saturated carbocycles. The number of nitrogens with zero attached hydrogens (tertiary/aromatic N) is 2. The number of ether oxygens (including phenoxy) is 1. The molecule has 2 N–H and O–H groups in total. The fourth-order valence-electron chi connectivity index (χ4n) is 2.52. The maximum absolute atomic E-state index is 12.2. The van der Waals surface area contributed by atoms with Gasteiger partial charge in [-0.1, -0.05) is 0 Å². The number of anilines is 1. The number of amides is 1. The number of carbonyl (C=O) groups is 1. The van der Waals surface area contributed by atoms with Crippen molar-refractivity contribution in [3.8, 4) is 11.5 Å². The number of nitrogens with one attached hydrogen (secondary N) is 1. The van der Waals surface area contributed by atoms with Gasteiger partial charge in [0.1, 0.15) is 0 Å². The summed E-state index contributed by atoms with van der Waals surface area (Å²) in [7, 11) is 0. The van der Waals surface area contributed by atoms with Crippen LogP contribution < -0.4 is 15.1 Å². The van der Waals surface area contributed by atoms with Crippen LogP contribution in [0, 0.1) is 0 Å². The van der Waals surface area contributed by atoms with Gasteiger partial charge < -0.3 is 14.7 Å². The maximum atomic E-state index is 12.2. The molecule has 0 aromatic heterocycles. The number of rotatable bonds is 8. The second-order valence-electron chi connectivity index (χ2n) is 5.58. The highest BCUT2D eigenvalue weighted by Crippen LogP contribution is 2.26. The van der Waals surface area contributed by atoms with Crippen LogP contribution in [0.5, 0.6) is 11.5 Å². The minimum atomic E-state index is -0.281. The molecule has 0 fully saturated rings. The summed E-state index contributed by atoms with van der Waals surface area (Å²) in [5.74, 6) is 0.173. The molecule has 0 unspecified atom stereocenters. The van der Waals surface area contributed by atoms with Crippen molar-refractivity contribution >= 4 is 17.8 Å². The summed E-state index contributed by atoms with van der Waals surface area (Å²) in [4.78, 5) is 14.4. The molecule has 0 heterocycles. The first-order valence-corrected chi connectivity index (χ1v) is 8.73. The van der Waals surface area contributed by atoms with E-state index in [1.807, 2.05) is 19.1 Å². The number of carbonyl (C=O) groups excluding carboxylic acids is 1. The van der Waals surface area contributed by atoms with E-state index in [2.05, 4.69) is 29.3 Å². The van der Waals surface area contributed by atoms with Crippen molar-refractivity contribution in [3.05, 3.63) is 53.6 Å². The molecule has 0 aliphatic rings. The van der Waals surface area contributed by atoms with Crippen LogP contribution in [0.3, 0.4) is 0 Å². The topological polar surface area (TPSA) is 74.2 Å². The molecule has 26 heavy (non-hydrogen) atoms. The molecule has 0 bridgehead atoms. The Kier molecular flexibility index (Phi) is 7.02. The largest absolute Gasteiger partial charge is 0.504 e. The van der Waals surface area contributed by atoms with Gasteiger partial charge in [-0.05, 0) is 68.8 Å². The van der Waals surface area contributed by atoms with E-state index in [0.29, 0.717) is 23.5 Å². The van der Waals surface area contributed by atoms with E-state index in [-0.39, 0.29) is 11.7 Å². The summed E-state index contributed by atoms with van der Waals surface area (Å²) in [6.07, 6.45) is 1.50. The number of benzene rings is 2. The van der Waals surface area contributed by atoms with Crippen molar-refractivity contribution in [2.75, 3.05) is 24.6 Å². The Morgan fingerprint density at radius 3 is 2.46 bits per heavy atom. The van der Waals surface area contributed by atoms with E-state index in [4.69, 9.17) is 4.74 Å². The van der Waals surface area contributed by atoms with Crippen LogP contribution in [0.25, 0.3) is 0 Å². The normalized spacial score (nSPS) is 10.7. The Balaban J connectivity index is 2.00. The molecular weight excluding hydrogens is 330 g/mol. The van der Waals surface area contributed by atoms with Gasteiger partial charge in [-0.25, -0.2) is 5.43 Å². The minimum absolute atomic E-state index is 0.0707. The van der Waals surface area contributed by atoms with E-state index < -0.39 is 0 Å². The smallest absolute Gasteiger partial charge is 0.271 e. The van der Waals surface area contributed by atoms with Gasteiger partial charge in [-0.2, -0.15) is 5.10 Å². The van der Waals surface area contributed by atoms with Crippen molar-refractivity contribution in [3.63, 3.8) is 0 Å². The van der Waals surface area contributed by atoms with E-state index >= 15 is 0 Å². The third kappa shape index (κ3) is 4.99. The number of phenolic OH excluding ortho intramolecular Hbond substituents is 1. The van der Waals surface area contributed by atoms with Crippen LogP contribution in [0.4, 0.5) is 5.69 Å². The number of hydrazone groups is 1. The predicted molar refractivity (Wildman–Crippen MR) is 104 cm³/mol. The van der Waals surface area contributed by atoms with E-state index in [1.165, 1.54) is 12.3 Å². The SMILES string of the molecule is CCOc1cc(/C=N/NC(=O)c2ccc(N(CC)CC)cc2)ccc1O. The van der Waals surface area contributed by atoms with Gasteiger partial charge in [-0.3, -0.25) is 4.79 Å². The van der Waals surface area contributed by atoms with Crippen molar-refractivity contribution in [2.45, 2.75) is 20.8 Å². The van der Waals surface area contributed by atoms with Crippen LogP contribution in [-0.2, 0) is 0 Å². The lowest BCUT2D eigenvalue weighted by atomic mass is 10.2. The van der Waals surface area contributed by atoms with Gasteiger partial charge in [-0.15, -0.1) is 0 Å². The van der Waals surface area contributed by atoms with Gasteiger partial charge in [0.15, 0.2) is 11.5 Å². The Morgan fingerprint density at radius 2 is 1.85 bits per heavy atom. The molecule has 1 amide bonds. The Labute approximate surface area is 154 Å². The van der Waals surface area contributed by atoms with Gasteiger partial charge >= 0.3 is 0 Å². The third-order valence-corrected chi connectivity index (χ3v) is 3.92. The average molecular weight is 355 g/mol. The molecule has 2 rings (SSSR count). The number of aromatic hydroxyl groups is 1. The van der Waals surface area contributed by atoms with Gasteiger partial charge in [0.05, 0.1) is 12.8 Å². The zero-order valence-corrected chi connectivity index (χ0v) is 15.4. The first kappa shape index (κ1) is 19.3. The fraction of sp³-hybridized carbons (Fsp3) is 0.300. The summed E-state index contributed by atoms with van der Waals surface area (Å²) in [6, 6.07) is 12.3. The molecular formula is C20H25N3O3. The summed E-state index contributed by atoms with van der Waals surface area (Å²) in [6.45, 7) is 8.32. The zero-order chi connectivity index (χ0) is 18.9. The van der Waals surface area contributed by atoms with Crippen molar-refractivity contribution in [2.24, 2.45) is 5.10 Å². The van der Waals surface area contributed by atoms with Crippen LogP contribution in [0.2, 0.25) is 0 Å². The quantitative estimate of drug-likeness (QED) is 0.562. The second-order valence-corrected chi connectivity index (χ2v) is 5.58. The number of phenols is 1. The molecule has 0 radical (unpaired) electrons. The molecule has 2 aromatic rings. The van der Waals surface area contributed by atoms with E-state index in [9.17, 15) is 9.90 Å². The molecule has 6 nitrogen and oxygen atoms in total. The van der Waals surface area contributed by atoms with E-state index in [0.717, 1.165) is 18.8 Å². The van der Waals surface area contributed by atoms with Crippen LogP contribution in [0.15, 0.2) is 47.6 Å². The van der Waals surface area contributed by atoms with Crippen molar-refractivity contribution in [1.82, 2.24) is 5.43 Å². The van der Waals surface area contributed by atoms with Crippen LogP contribution in [0.1, 0.15) is 36.7 Å². The summed E-state index contributed by atoms with van der Waals surface area (Å²) >= 11 is 0. The number of hydrogen-bond donors (Lipinski definition) is 2. The van der Waals surface area contributed by atoms with Crippen molar-refractivity contribution < 1.29 is 14.6 Å². The molecule has 0 spiro atoms. The highest BCUT2D eigenvalue weighted by molar-refractivity contribution is 5.95. The molecule has 0 aliphatic carbocycles. The molecule has 0 atom stereocenters. The lowest BCUT2D eigenvalue weighted by molar-refractivity contribution is 0.0955. The lowest BCUT2D eigenvalue weighted by Crippen LogP contribution is -2.22. The first-order valence-electron chi connectivity index (χ1n) is 8.73. The maximum Gasteiger partial charge on any atom is 0.271 e. The summed E-state index contributed by atoms with van der Waals surface area (Å²) in [5, 5.41) is 13.6. The van der Waals surface area contributed by atoms with Gasteiger partial charge in [0.2, 0.25) is 0 Å².